The molecule has 1 saturated heterocycles. The van der Waals surface area contributed by atoms with E-state index in [4.69, 9.17) is 5.11 Å². The topological polar surface area (TPSA) is 60.8 Å². The third-order valence-electron chi connectivity index (χ3n) is 4.33. The molecule has 0 saturated carbocycles. The van der Waals surface area contributed by atoms with Crippen LogP contribution >= 0.6 is 0 Å². The summed E-state index contributed by atoms with van der Waals surface area (Å²) in [6, 6.07) is 7.85. The lowest BCUT2D eigenvalue weighted by molar-refractivity contribution is 0.0704. The molecule has 1 aromatic carbocycles. The van der Waals surface area contributed by atoms with Crippen LogP contribution in [-0.2, 0) is 6.42 Å². The summed E-state index contributed by atoms with van der Waals surface area (Å²) in [5, 5.41) is 18.9. The van der Waals surface area contributed by atoms with Crippen molar-refractivity contribution in [2.45, 2.75) is 57.6 Å². The highest BCUT2D eigenvalue weighted by Crippen LogP contribution is 2.23. The summed E-state index contributed by atoms with van der Waals surface area (Å²) < 4.78 is 0. The van der Waals surface area contributed by atoms with E-state index in [1.165, 1.54) is 0 Å². The molecule has 1 heterocycles. The van der Waals surface area contributed by atoms with Gasteiger partial charge in [0.2, 0.25) is 0 Å². The van der Waals surface area contributed by atoms with Gasteiger partial charge in [0.25, 0.3) is 5.91 Å². The molecule has 0 aromatic heterocycles. The maximum absolute atomic E-state index is 12.6. The van der Waals surface area contributed by atoms with Crippen LogP contribution < -0.4 is 0 Å². The summed E-state index contributed by atoms with van der Waals surface area (Å²) in [5.74, 6) is 0.0602. The number of hydrogen-bond donors (Lipinski definition) is 2. The smallest absolute Gasteiger partial charge is 0.254 e. The molecule has 1 atom stereocenters. The zero-order valence-electron chi connectivity index (χ0n) is 13.6. The predicted molar refractivity (Wildman–Crippen MR) is 86.8 cm³/mol. The first-order valence-electron chi connectivity index (χ1n) is 8.14. The number of aliphatic hydroxyl groups excluding tert-OH is 1. The number of benzene rings is 1. The maximum Gasteiger partial charge on any atom is 0.254 e. The van der Waals surface area contributed by atoms with Gasteiger partial charge >= 0.3 is 0 Å². The van der Waals surface area contributed by atoms with Crippen molar-refractivity contribution in [2.24, 2.45) is 0 Å². The molecule has 1 aliphatic rings. The molecule has 0 radical (unpaired) electrons. The van der Waals surface area contributed by atoms with Crippen LogP contribution in [0.5, 0.6) is 0 Å². The summed E-state index contributed by atoms with van der Waals surface area (Å²) in [6.07, 6.45) is 4.16. The Bertz CT molecular complexity index is 490. The van der Waals surface area contributed by atoms with Gasteiger partial charge in [-0.25, -0.2) is 0 Å². The number of carbonyl (C=O) groups excluding carboxylic acids is 1. The second kappa shape index (κ2) is 7.25. The van der Waals surface area contributed by atoms with E-state index in [1.54, 1.807) is 13.8 Å². The first kappa shape index (κ1) is 17.0. The predicted octanol–water partition coefficient (Wildman–Crippen LogP) is 2.38. The number of aliphatic hydroxyl groups is 2. The molecular weight excluding hydrogens is 278 g/mol. The van der Waals surface area contributed by atoms with Gasteiger partial charge in [-0.2, -0.15) is 0 Å². The average molecular weight is 305 g/mol. The zero-order chi connectivity index (χ0) is 16.2. The van der Waals surface area contributed by atoms with Crippen molar-refractivity contribution in [2.75, 3.05) is 13.2 Å². The molecule has 4 nitrogen and oxygen atoms in total. The molecule has 122 valence electrons. The Morgan fingerprint density at radius 2 is 2.00 bits per heavy atom. The van der Waals surface area contributed by atoms with Gasteiger partial charge in [-0.1, -0.05) is 12.1 Å². The third kappa shape index (κ3) is 4.55. The van der Waals surface area contributed by atoms with E-state index in [9.17, 15) is 9.90 Å². The van der Waals surface area contributed by atoms with Gasteiger partial charge in [0.05, 0.1) is 5.60 Å². The molecule has 0 unspecified atom stereocenters. The van der Waals surface area contributed by atoms with Crippen LogP contribution in [0.4, 0.5) is 0 Å². The molecule has 1 aliphatic heterocycles. The van der Waals surface area contributed by atoms with Crippen molar-refractivity contribution in [3.63, 3.8) is 0 Å². The van der Waals surface area contributed by atoms with E-state index in [1.807, 2.05) is 29.2 Å². The molecule has 0 bridgehead atoms. The van der Waals surface area contributed by atoms with Crippen LogP contribution in [0.2, 0.25) is 0 Å². The highest BCUT2D eigenvalue weighted by Gasteiger charge is 2.28. The second-order valence-electron chi connectivity index (χ2n) is 6.82. The number of nitrogens with zero attached hydrogens (tertiary/aromatic N) is 1. The molecular formula is C18H27NO3. The summed E-state index contributed by atoms with van der Waals surface area (Å²) in [6.45, 7) is 4.52. The number of likely N-dealkylation sites (tertiary alicyclic amines) is 1. The Morgan fingerprint density at radius 3 is 2.59 bits per heavy atom. The lowest BCUT2D eigenvalue weighted by Crippen LogP contribution is -2.36. The molecule has 0 aliphatic carbocycles. The van der Waals surface area contributed by atoms with Crippen LogP contribution in [0.25, 0.3) is 0 Å². The standard InChI is InChI=1S/C18H27NO3/c1-18(2,22)11-9-14-5-7-15(8-6-14)17(21)19-12-3-4-16(19)10-13-20/h5-8,16,20,22H,3-4,9-13H2,1-2H3/t16-/m1/s1. The van der Waals surface area contributed by atoms with Crippen LogP contribution in [-0.4, -0.2) is 45.8 Å². The van der Waals surface area contributed by atoms with Gasteiger partial charge in [0.15, 0.2) is 0 Å². The van der Waals surface area contributed by atoms with Crippen molar-refractivity contribution < 1.29 is 15.0 Å². The monoisotopic (exact) mass is 305 g/mol. The first-order chi connectivity index (χ1) is 10.4. The lowest BCUT2D eigenvalue weighted by Gasteiger charge is -2.24. The van der Waals surface area contributed by atoms with Gasteiger partial charge in [0, 0.05) is 24.8 Å². The molecule has 2 rings (SSSR count). The van der Waals surface area contributed by atoms with Crippen molar-refractivity contribution >= 4 is 5.91 Å². The first-order valence-corrected chi connectivity index (χ1v) is 8.14. The minimum Gasteiger partial charge on any atom is -0.396 e. The normalized spacial score (nSPS) is 18.7. The van der Waals surface area contributed by atoms with Gasteiger partial charge < -0.3 is 15.1 Å². The Morgan fingerprint density at radius 1 is 1.32 bits per heavy atom. The van der Waals surface area contributed by atoms with Crippen molar-refractivity contribution in [3.05, 3.63) is 35.4 Å². The van der Waals surface area contributed by atoms with Crippen molar-refractivity contribution in [3.8, 4) is 0 Å². The summed E-state index contributed by atoms with van der Waals surface area (Å²) in [4.78, 5) is 14.5. The summed E-state index contributed by atoms with van der Waals surface area (Å²) in [5.41, 5.74) is 1.17. The number of carbonyl (C=O) groups is 1. The SMILES string of the molecule is CC(C)(O)CCc1ccc(C(=O)N2CCC[C@@H]2CCO)cc1. The molecule has 0 spiro atoms. The highest BCUT2D eigenvalue weighted by atomic mass is 16.3. The van der Waals surface area contributed by atoms with Crippen LogP contribution in [0.3, 0.4) is 0 Å². The highest BCUT2D eigenvalue weighted by molar-refractivity contribution is 5.94. The zero-order valence-corrected chi connectivity index (χ0v) is 13.6. The summed E-state index contributed by atoms with van der Waals surface area (Å²) >= 11 is 0. The van der Waals surface area contributed by atoms with Crippen molar-refractivity contribution in [1.29, 1.82) is 0 Å². The Hall–Kier alpha value is -1.39. The van der Waals surface area contributed by atoms with Crippen LogP contribution in [0.1, 0.15) is 55.5 Å². The van der Waals surface area contributed by atoms with E-state index in [2.05, 4.69) is 0 Å². The van der Waals surface area contributed by atoms with Gasteiger partial charge in [-0.3, -0.25) is 4.79 Å². The quantitative estimate of drug-likeness (QED) is 0.848. The van der Waals surface area contributed by atoms with Gasteiger partial charge in [-0.15, -0.1) is 0 Å². The van der Waals surface area contributed by atoms with E-state index in [0.717, 1.165) is 31.4 Å². The van der Waals surface area contributed by atoms with Gasteiger partial charge in [0.1, 0.15) is 0 Å². The number of hydrogen-bond acceptors (Lipinski definition) is 3. The van der Waals surface area contributed by atoms with E-state index in [-0.39, 0.29) is 18.6 Å². The van der Waals surface area contributed by atoms with Crippen molar-refractivity contribution in [1.82, 2.24) is 4.90 Å². The average Bonchev–Trinajstić information content (AvgIpc) is 2.93. The van der Waals surface area contributed by atoms with E-state index in [0.29, 0.717) is 18.4 Å². The largest absolute Gasteiger partial charge is 0.396 e. The second-order valence-corrected chi connectivity index (χ2v) is 6.82. The molecule has 1 fully saturated rings. The Kier molecular flexibility index (Phi) is 5.59. The fourth-order valence-electron chi connectivity index (χ4n) is 2.98. The third-order valence-corrected chi connectivity index (χ3v) is 4.33. The Labute approximate surface area is 132 Å². The number of aryl methyl sites for hydroxylation is 1. The minimum absolute atomic E-state index is 0.0602. The molecule has 1 amide bonds. The van der Waals surface area contributed by atoms with E-state index < -0.39 is 5.60 Å². The fourth-order valence-corrected chi connectivity index (χ4v) is 2.98. The van der Waals surface area contributed by atoms with E-state index >= 15 is 0 Å². The lowest BCUT2D eigenvalue weighted by atomic mass is 9.98. The summed E-state index contributed by atoms with van der Waals surface area (Å²) in [7, 11) is 0. The maximum atomic E-state index is 12.6. The van der Waals surface area contributed by atoms with Gasteiger partial charge in [-0.05, 0) is 63.6 Å². The molecule has 2 N–H and O–H groups in total. The van der Waals surface area contributed by atoms with Crippen LogP contribution in [0.15, 0.2) is 24.3 Å². The fraction of sp³-hybridized carbons (Fsp3) is 0.611. The minimum atomic E-state index is -0.665. The molecule has 4 heteroatoms. The molecule has 22 heavy (non-hydrogen) atoms. The van der Waals surface area contributed by atoms with Crippen LogP contribution in [0, 0.1) is 0 Å². The molecule has 1 aromatic rings. The number of rotatable bonds is 6. The Balaban J connectivity index is 1.99. The number of amides is 1.